The lowest BCUT2D eigenvalue weighted by Gasteiger charge is -2.22. The zero-order valence-corrected chi connectivity index (χ0v) is 25.9. The number of carbonyl (C=O) groups excluding carboxylic acids is 1. The highest BCUT2D eigenvalue weighted by molar-refractivity contribution is 9.10. The van der Waals surface area contributed by atoms with Gasteiger partial charge in [0.25, 0.3) is 11.5 Å². The van der Waals surface area contributed by atoms with Gasteiger partial charge in [0, 0.05) is 10.9 Å². The maximum atomic E-state index is 13.6. The summed E-state index contributed by atoms with van der Waals surface area (Å²) in [7, 11) is -3.86. The van der Waals surface area contributed by atoms with Crippen LogP contribution in [0, 0.1) is 6.92 Å². The largest absolute Gasteiger partial charge is 0.301 e. The Bertz CT molecular complexity index is 2040. The fourth-order valence-electron chi connectivity index (χ4n) is 4.73. The highest BCUT2D eigenvalue weighted by Crippen LogP contribution is 2.34. The third kappa shape index (κ3) is 6.04. The number of hydrazone groups is 1. The van der Waals surface area contributed by atoms with Gasteiger partial charge in [0.05, 0.1) is 34.3 Å². The van der Waals surface area contributed by atoms with E-state index in [1.165, 1.54) is 40.2 Å². The molecule has 3 heterocycles. The number of H-pyrrole nitrogens is 1. The molecule has 1 aliphatic heterocycles. The lowest BCUT2D eigenvalue weighted by molar-refractivity contribution is -0.130. The van der Waals surface area contributed by atoms with E-state index in [0.29, 0.717) is 12.1 Å². The van der Waals surface area contributed by atoms with Crippen LogP contribution in [-0.2, 0) is 14.8 Å². The van der Waals surface area contributed by atoms with Crippen molar-refractivity contribution in [2.24, 2.45) is 10.2 Å². The predicted octanol–water partition coefficient (Wildman–Crippen LogP) is 4.30. The molecule has 1 aliphatic rings. The summed E-state index contributed by atoms with van der Waals surface area (Å²) in [6.45, 7) is 2.01. The smallest absolute Gasteiger partial charge is 0.262 e. The molecule has 43 heavy (non-hydrogen) atoms. The molecular weight excluding hydrogens is 654 g/mol. The van der Waals surface area contributed by atoms with E-state index in [4.69, 9.17) is 10.2 Å². The number of nitrogens with zero attached hydrogens (tertiary/aromatic N) is 5. The lowest BCUT2D eigenvalue weighted by atomic mass is 9.98. The number of carbonyl (C=O) groups is 1. The summed E-state index contributed by atoms with van der Waals surface area (Å²) < 4.78 is 25.6. The average Bonchev–Trinajstić information content (AvgIpc) is 3.62. The molecule has 218 valence electrons. The molecule has 2 aromatic heterocycles. The summed E-state index contributed by atoms with van der Waals surface area (Å²) in [6.07, 6.45) is 1.94. The van der Waals surface area contributed by atoms with Gasteiger partial charge < -0.3 is 4.98 Å². The molecule has 11 nitrogen and oxygen atoms in total. The normalized spacial score (nSPS) is 15.2. The Morgan fingerprint density at radius 2 is 1.77 bits per heavy atom. The highest BCUT2D eigenvalue weighted by atomic mass is 79.9. The van der Waals surface area contributed by atoms with Crippen molar-refractivity contribution in [3.8, 4) is 5.69 Å². The number of aromatic amines is 1. The molecule has 14 heteroatoms. The topological polar surface area (TPSA) is 156 Å². The van der Waals surface area contributed by atoms with Crippen molar-refractivity contribution < 1.29 is 13.2 Å². The minimum atomic E-state index is -3.86. The first-order chi connectivity index (χ1) is 20.6. The fraction of sp³-hybridized carbons (Fsp3) is 0.138. The number of hydrogen-bond donors (Lipinski definition) is 2. The number of fused-ring (bicyclic) bond motifs is 1. The molecule has 6 rings (SSSR count). The standard InChI is InChI=1S/C29H24BrN7O4S2/c1-17-2-4-19(5-3-17)25-14-24(18-6-8-20(30)9-7-18)35-37(25)26(38)16-42-29-33-27-23(28(39)34-29)15-32-36(27)21-10-12-22(13-11-21)43(31,40)41/h2-13,15,25H,14,16H2,1H3,(H2,31,40,41)(H,33,34,39)/t25-/m1/s1. The molecule has 5 aromatic rings. The van der Waals surface area contributed by atoms with Crippen LogP contribution in [0.5, 0.6) is 0 Å². The Balaban J connectivity index is 1.27. The molecule has 0 unspecified atom stereocenters. The minimum absolute atomic E-state index is 0.0227. The number of primary sulfonamides is 1. The average molecular weight is 679 g/mol. The molecule has 0 spiro atoms. The number of thioether (sulfide) groups is 1. The molecule has 3 aromatic carbocycles. The van der Waals surface area contributed by atoms with Crippen LogP contribution in [0.4, 0.5) is 0 Å². The minimum Gasteiger partial charge on any atom is -0.301 e. The van der Waals surface area contributed by atoms with Gasteiger partial charge in [-0.2, -0.15) is 10.2 Å². The second kappa shape index (κ2) is 11.5. The van der Waals surface area contributed by atoms with Gasteiger partial charge in [-0.3, -0.25) is 9.59 Å². The Hall–Kier alpha value is -4.11. The van der Waals surface area contributed by atoms with Crippen LogP contribution in [0.15, 0.2) is 103 Å². The third-order valence-electron chi connectivity index (χ3n) is 6.96. The zero-order valence-electron chi connectivity index (χ0n) is 22.6. The number of halogens is 1. The molecule has 3 N–H and O–H groups in total. The Morgan fingerprint density at radius 3 is 2.44 bits per heavy atom. The zero-order chi connectivity index (χ0) is 30.3. The van der Waals surface area contributed by atoms with E-state index < -0.39 is 15.6 Å². The van der Waals surface area contributed by atoms with Gasteiger partial charge in [-0.05, 0) is 54.4 Å². The van der Waals surface area contributed by atoms with Crippen molar-refractivity contribution in [1.29, 1.82) is 0 Å². The lowest BCUT2D eigenvalue weighted by Crippen LogP contribution is -2.28. The van der Waals surface area contributed by atoms with Crippen molar-refractivity contribution in [2.75, 3.05) is 5.75 Å². The van der Waals surface area contributed by atoms with Crippen molar-refractivity contribution >= 4 is 60.4 Å². The Morgan fingerprint density at radius 1 is 1.07 bits per heavy atom. The monoisotopic (exact) mass is 677 g/mol. The SMILES string of the molecule is Cc1ccc([C@H]2CC(c3ccc(Br)cc3)=NN2C(=O)CSc2nc3c(cnn3-c3ccc(S(N)(=O)=O)cc3)c(=O)[nH]2)cc1. The molecule has 0 radical (unpaired) electrons. The van der Waals surface area contributed by atoms with Crippen molar-refractivity contribution in [2.45, 2.75) is 29.4 Å². The molecule has 0 aliphatic carbocycles. The van der Waals surface area contributed by atoms with Crippen LogP contribution in [-0.4, -0.2) is 50.5 Å². The molecule has 1 amide bonds. The first kappa shape index (κ1) is 29.0. The third-order valence-corrected chi connectivity index (χ3v) is 9.28. The van der Waals surface area contributed by atoms with E-state index in [1.807, 2.05) is 55.5 Å². The van der Waals surface area contributed by atoms with Gasteiger partial charge in [-0.1, -0.05) is 69.7 Å². The number of rotatable bonds is 7. The Labute approximate surface area is 259 Å². The first-order valence-corrected chi connectivity index (χ1v) is 16.4. The van der Waals surface area contributed by atoms with E-state index in [2.05, 4.69) is 31.0 Å². The number of nitrogens with one attached hydrogen (secondary N) is 1. The van der Waals surface area contributed by atoms with Gasteiger partial charge >= 0.3 is 0 Å². The summed E-state index contributed by atoms with van der Waals surface area (Å²) in [5, 5.41) is 16.2. The van der Waals surface area contributed by atoms with E-state index >= 15 is 0 Å². The van der Waals surface area contributed by atoms with Crippen LogP contribution in [0.1, 0.15) is 29.2 Å². The van der Waals surface area contributed by atoms with Crippen molar-refractivity contribution in [1.82, 2.24) is 24.8 Å². The van der Waals surface area contributed by atoms with E-state index in [0.717, 1.165) is 38.6 Å². The van der Waals surface area contributed by atoms with Crippen LogP contribution in [0.2, 0.25) is 0 Å². The number of hydrogen-bond acceptors (Lipinski definition) is 8. The first-order valence-electron chi connectivity index (χ1n) is 13.0. The molecule has 0 saturated heterocycles. The second-order valence-corrected chi connectivity index (χ2v) is 13.4. The van der Waals surface area contributed by atoms with Crippen LogP contribution in [0.25, 0.3) is 16.7 Å². The number of amides is 1. The number of aryl methyl sites for hydroxylation is 1. The molecule has 0 fully saturated rings. The van der Waals surface area contributed by atoms with Gasteiger partial charge in [-0.25, -0.2) is 28.2 Å². The Kier molecular flexibility index (Phi) is 7.77. The summed E-state index contributed by atoms with van der Waals surface area (Å²) in [6, 6.07) is 21.3. The molecule has 1 atom stereocenters. The molecule has 0 saturated carbocycles. The highest BCUT2D eigenvalue weighted by Gasteiger charge is 2.33. The number of sulfonamides is 1. The van der Waals surface area contributed by atoms with Gasteiger partial charge in [0.15, 0.2) is 10.8 Å². The maximum absolute atomic E-state index is 13.6. The fourth-order valence-corrected chi connectivity index (χ4v) is 6.22. The van der Waals surface area contributed by atoms with Gasteiger partial charge in [0.1, 0.15) is 5.39 Å². The quantitative estimate of drug-likeness (QED) is 0.192. The number of nitrogens with two attached hydrogens (primary N) is 1. The van der Waals surface area contributed by atoms with Gasteiger partial charge in [-0.15, -0.1) is 0 Å². The van der Waals surface area contributed by atoms with Crippen molar-refractivity contribution in [3.63, 3.8) is 0 Å². The second-order valence-electron chi connectivity index (χ2n) is 9.91. The van der Waals surface area contributed by atoms with Gasteiger partial charge in [0.2, 0.25) is 10.0 Å². The van der Waals surface area contributed by atoms with E-state index in [1.54, 1.807) is 0 Å². The number of benzene rings is 3. The van der Waals surface area contributed by atoms with Crippen molar-refractivity contribution in [3.05, 3.63) is 111 Å². The predicted molar refractivity (Wildman–Crippen MR) is 168 cm³/mol. The summed E-state index contributed by atoms with van der Waals surface area (Å²) in [5.74, 6) is -0.261. The van der Waals surface area contributed by atoms with E-state index in [-0.39, 0.29) is 38.8 Å². The van der Waals surface area contributed by atoms with Crippen LogP contribution >= 0.6 is 27.7 Å². The summed E-state index contributed by atoms with van der Waals surface area (Å²) in [4.78, 5) is 33.7. The molecule has 0 bridgehead atoms. The molecular formula is C29H24BrN7O4S2. The summed E-state index contributed by atoms with van der Waals surface area (Å²) in [5.41, 5.74) is 4.17. The van der Waals surface area contributed by atoms with Crippen LogP contribution in [0.3, 0.4) is 0 Å². The number of aromatic nitrogens is 4. The van der Waals surface area contributed by atoms with E-state index in [9.17, 15) is 18.0 Å². The maximum Gasteiger partial charge on any atom is 0.262 e. The summed E-state index contributed by atoms with van der Waals surface area (Å²) >= 11 is 4.55. The van der Waals surface area contributed by atoms with Crippen LogP contribution < -0.4 is 10.7 Å².